The van der Waals surface area contributed by atoms with Gasteiger partial charge in [0.2, 0.25) is 11.9 Å². The number of carbonyl (C=O) groups excluding carboxylic acids is 1. The van der Waals surface area contributed by atoms with E-state index < -0.39 is 21.9 Å². The molecule has 3 rings (SSSR count). The number of rotatable bonds is 1. The van der Waals surface area contributed by atoms with E-state index in [9.17, 15) is 17.6 Å². The third-order valence-electron chi connectivity index (χ3n) is 3.70. The minimum Gasteiger partial charge on any atom is -0.286 e. The Morgan fingerprint density at radius 1 is 1.23 bits per heavy atom. The van der Waals surface area contributed by atoms with Crippen molar-refractivity contribution >= 4 is 27.6 Å². The van der Waals surface area contributed by atoms with Crippen LogP contribution in [0, 0.1) is 13.8 Å². The number of carbonyl (C=O) groups is 1. The molecule has 0 bridgehead atoms. The van der Waals surface area contributed by atoms with Gasteiger partial charge in [-0.25, -0.2) is 13.3 Å². The first-order chi connectivity index (χ1) is 10.3. The third-order valence-corrected chi connectivity index (χ3v) is 4.84. The van der Waals surface area contributed by atoms with E-state index in [0.29, 0.717) is 5.69 Å². The fraction of sp³-hybridized carbons (Fsp3) is 0.286. The van der Waals surface area contributed by atoms with Crippen LogP contribution < -0.4 is 4.90 Å². The maximum atomic E-state index is 13.9. The van der Waals surface area contributed by atoms with Crippen LogP contribution in [-0.2, 0) is 14.8 Å². The summed E-state index contributed by atoms with van der Waals surface area (Å²) in [6, 6.07) is 5.24. The van der Waals surface area contributed by atoms with E-state index in [0.717, 1.165) is 27.0 Å². The number of aryl methyl sites for hydroxylation is 2. The number of guanidine groups is 1. The van der Waals surface area contributed by atoms with Gasteiger partial charge in [-0.05, 0) is 37.1 Å². The Balaban J connectivity index is 2.18. The van der Waals surface area contributed by atoms with Crippen LogP contribution in [0.5, 0.6) is 0 Å². The maximum Gasteiger partial charge on any atom is 0.262 e. The van der Waals surface area contributed by atoms with Crippen LogP contribution in [0.3, 0.4) is 0 Å². The number of halogens is 1. The summed E-state index contributed by atoms with van der Waals surface area (Å²) >= 11 is 0. The number of hydrogen-bond donors (Lipinski definition) is 0. The second-order valence-electron chi connectivity index (χ2n) is 5.24. The minimum absolute atomic E-state index is 0.0713. The fourth-order valence-electron chi connectivity index (χ4n) is 2.34. The van der Waals surface area contributed by atoms with Crippen LogP contribution in [0.1, 0.15) is 11.1 Å². The molecule has 0 aromatic heterocycles. The Hall–Kier alpha value is -2.22. The summed E-state index contributed by atoms with van der Waals surface area (Å²) in [7, 11) is -3.70. The van der Waals surface area contributed by atoms with Crippen molar-refractivity contribution < 1.29 is 17.6 Å². The Morgan fingerprint density at radius 3 is 2.64 bits per heavy atom. The topological polar surface area (TPSA) is 70.1 Å². The molecule has 116 valence electrons. The second kappa shape index (κ2) is 4.91. The van der Waals surface area contributed by atoms with Gasteiger partial charge in [0.05, 0.1) is 17.5 Å². The molecule has 0 aliphatic carbocycles. The number of anilines is 1. The molecule has 6 nitrogen and oxygen atoms in total. The van der Waals surface area contributed by atoms with Gasteiger partial charge in [0, 0.05) is 6.54 Å². The molecule has 2 aliphatic heterocycles. The van der Waals surface area contributed by atoms with Gasteiger partial charge >= 0.3 is 0 Å². The summed E-state index contributed by atoms with van der Waals surface area (Å²) in [6.07, 6.45) is 0.839. The molecule has 0 fully saturated rings. The largest absolute Gasteiger partial charge is 0.286 e. The smallest absolute Gasteiger partial charge is 0.262 e. The molecular formula is C14H14FN3O3S. The van der Waals surface area contributed by atoms with Gasteiger partial charge in [-0.1, -0.05) is 6.07 Å². The molecule has 22 heavy (non-hydrogen) atoms. The first kappa shape index (κ1) is 14.7. The monoisotopic (exact) mass is 323 g/mol. The van der Waals surface area contributed by atoms with Gasteiger partial charge < -0.3 is 0 Å². The number of sulfonamides is 1. The molecule has 1 aromatic rings. The van der Waals surface area contributed by atoms with Gasteiger partial charge in [0.1, 0.15) is 0 Å². The molecule has 2 aliphatic rings. The van der Waals surface area contributed by atoms with Gasteiger partial charge in [0.15, 0.2) is 0 Å². The van der Waals surface area contributed by atoms with Gasteiger partial charge in [-0.3, -0.25) is 9.69 Å². The molecule has 0 atom stereocenters. The van der Waals surface area contributed by atoms with Crippen LogP contribution in [0.4, 0.5) is 10.1 Å². The van der Waals surface area contributed by atoms with Crippen LogP contribution in [0.25, 0.3) is 0 Å². The van der Waals surface area contributed by atoms with E-state index in [1.165, 1.54) is 0 Å². The summed E-state index contributed by atoms with van der Waals surface area (Å²) in [6.45, 7) is 3.73. The average Bonchev–Trinajstić information content (AvgIpc) is 2.41. The Bertz CT molecular complexity index is 830. The standard InChI is InChI=1S/C14H14FN3O3S/c1-9-3-4-11(7-10(9)2)18-13(19)8-12(15)17-5-6-22(20,21)16-14(17)18/h3-4,7-8H,5-6H2,1-2H3. The van der Waals surface area contributed by atoms with Gasteiger partial charge in [-0.15, -0.1) is 4.40 Å². The maximum absolute atomic E-state index is 13.9. The quantitative estimate of drug-likeness (QED) is 0.734. The zero-order valence-electron chi connectivity index (χ0n) is 12.1. The number of benzene rings is 1. The molecule has 1 amide bonds. The van der Waals surface area contributed by atoms with E-state index in [1.54, 1.807) is 12.1 Å². The lowest BCUT2D eigenvalue weighted by atomic mass is 10.1. The summed E-state index contributed by atoms with van der Waals surface area (Å²) in [5.41, 5.74) is 2.42. The van der Waals surface area contributed by atoms with Crippen LogP contribution >= 0.6 is 0 Å². The molecular weight excluding hydrogens is 309 g/mol. The fourth-order valence-corrected chi connectivity index (χ4v) is 3.27. The molecule has 0 saturated carbocycles. The lowest BCUT2D eigenvalue weighted by Gasteiger charge is -2.36. The van der Waals surface area contributed by atoms with Crippen molar-refractivity contribution in [3.05, 3.63) is 41.4 Å². The zero-order chi connectivity index (χ0) is 16.1. The lowest BCUT2D eigenvalue weighted by Crippen LogP contribution is -2.53. The molecule has 0 unspecified atom stereocenters. The first-order valence-electron chi connectivity index (χ1n) is 6.67. The van der Waals surface area contributed by atoms with Crippen molar-refractivity contribution in [3.8, 4) is 0 Å². The van der Waals surface area contributed by atoms with Crippen LogP contribution in [0.2, 0.25) is 0 Å². The van der Waals surface area contributed by atoms with E-state index in [-0.39, 0.29) is 18.3 Å². The molecule has 1 aromatic carbocycles. The lowest BCUT2D eigenvalue weighted by molar-refractivity contribution is -0.113. The SMILES string of the molecule is Cc1ccc(N2C(=O)C=C(F)N3CCS(=O)(=O)N=C32)cc1C. The highest BCUT2D eigenvalue weighted by Crippen LogP contribution is 2.27. The molecule has 0 radical (unpaired) electrons. The van der Waals surface area contributed by atoms with E-state index in [4.69, 9.17) is 0 Å². The van der Waals surface area contributed by atoms with E-state index >= 15 is 0 Å². The zero-order valence-corrected chi connectivity index (χ0v) is 12.9. The molecule has 2 heterocycles. The summed E-state index contributed by atoms with van der Waals surface area (Å²) in [4.78, 5) is 14.4. The number of hydrogen-bond acceptors (Lipinski definition) is 4. The van der Waals surface area contributed by atoms with E-state index in [1.807, 2.05) is 19.9 Å². The van der Waals surface area contributed by atoms with Gasteiger partial charge in [-0.2, -0.15) is 4.39 Å². The van der Waals surface area contributed by atoms with Crippen molar-refractivity contribution in [2.75, 3.05) is 17.2 Å². The van der Waals surface area contributed by atoms with Crippen molar-refractivity contribution in [1.82, 2.24) is 4.90 Å². The predicted molar refractivity (Wildman–Crippen MR) is 80.5 cm³/mol. The van der Waals surface area contributed by atoms with Gasteiger partial charge in [0.25, 0.3) is 15.9 Å². The van der Waals surface area contributed by atoms with Crippen molar-refractivity contribution in [3.63, 3.8) is 0 Å². The molecule has 0 spiro atoms. The van der Waals surface area contributed by atoms with Crippen LogP contribution in [-0.4, -0.2) is 37.5 Å². The van der Waals surface area contributed by atoms with Crippen molar-refractivity contribution in [1.29, 1.82) is 0 Å². The summed E-state index contributed by atoms with van der Waals surface area (Å²) < 4.78 is 40.9. The number of nitrogens with zero attached hydrogens (tertiary/aromatic N) is 3. The summed E-state index contributed by atoms with van der Waals surface area (Å²) in [5.74, 6) is -1.95. The molecule has 8 heteroatoms. The van der Waals surface area contributed by atoms with E-state index in [2.05, 4.69) is 4.40 Å². The Morgan fingerprint density at radius 2 is 1.95 bits per heavy atom. The number of fused-ring (bicyclic) bond motifs is 1. The van der Waals surface area contributed by atoms with Crippen molar-refractivity contribution in [2.24, 2.45) is 4.40 Å². The Kier molecular flexibility index (Phi) is 3.28. The normalized spacial score (nSPS) is 20.4. The molecule has 0 N–H and O–H groups in total. The first-order valence-corrected chi connectivity index (χ1v) is 8.28. The highest BCUT2D eigenvalue weighted by molar-refractivity contribution is 7.90. The van der Waals surface area contributed by atoms with Crippen LogP contribution in [0.15, 0.2) is 34.6 Å². The minimum atomic E-state index is -3.70. The second-order valence-corrected chi connectivity index (χ2v) is 6.99. The van der Waals surface area contributed by atoms with Crippen molar-refractivity contribution in [2.45, 2.75) is 13.8 Å². The Labute approximate surface area is 127 Å². The highest BCUT2D eigenvalue weighted by atomic mass is 32.2. The highest BCUT2D eigenvalue weighted by Gasteiger charge is 2.37. The summed E-state index contributed by atoms with van der Waals surface area (Å²) in [5, 5.41) is 0. The molecule has 0 saturated heterocycles. The third kappa shape index (κ3) is 2.39. The predicted octanol–water partition coefficient (Wildman–Crippen LogP) is 1.46. The number of amides is 1. The average molecular weight is 323 g/mol.